The quantitative estimate of drug-likeness (QED) is 0.716. The molecular formula is C15H9F2N3. The van der Waals surface area contributed by atoms with Crippen molar-refractivity contribution in [2.45, 2.75) is 6.42 Å². The molecule has 0 amide bonds. The Bertz CT molecular complexity index is 813. The number of halogens is 2. The lowest BCUT2D eigenvalue weighted by molar-refractivity contribution is 0.618. The van der Waals surface area contributed by atoms with Gasteiger partial charge in [-0.15, -0.1) is 0 Å². The highest BCUT2D eigenvalue weighted by atomic mass is 19.1. The molecule has 0 atom stereocenters. The van der Waals surface area contributed by atoms with Gasteiger partial charge < -0.3 is 0 Å². The summed E-state index contributed by atoms with van der Waals surface area (Å²) in [6, 6.07) is 10.7. The number of nitrogens with zero attached hydrogens (tertiary/aromatic N) is 3. The lowest BCUT2D eigenvalue weighted by Gasteiger charge is -2.01. The van der Waals surface area contributed by atoms with E-state index in [1.165, 1.54) is 24.4 Å². The Kier molecular flexibility index (Phi) is 2.92. The van der Waals surface area contributed by atoms with E-state index in [9.17, 15) is 8.78 Å². The molecule has 0 saturated carbocycles. The van der Waals surface area contributed by atoms with Crippen molar-refractivity contribution < 1.29 is 8.78 Å². The van der Waals surface area contributed by atoms with Crippen LogP contribution in [0.25, 0.3) is 16.9 Å². The topological polar surface area (TPSA) is 41.1 Å². The molecule has 0 spiro atoms. The van der Waals surface area contributed by atoms with E-state index < -0.39 is 5.82 Å². The van der Waals surface area contributed by atoms with Crippen LogP contribution in [0.5, 0.6) is 0 Å². The zero-order chi connectivity index (χ0) is 14.1. The second kappa shape index (κ2) is 4.74. The van der Waals surface area contributed by atoms with Crippen molar-refractivity contribution in [1.29, 1.82) is 5.26 Å². The van der Waals surface area contributed by atoms with Crippen molar-refractivity contribution in [3.05, 3.63) is 59.9 Å². The van der Waals surface area contributed by atoms with Gasteiger partial charge in [-0.25, -0.2) is 13.8 Å². The zero-order valence-corrected chi connectivity index (χ0v) is 10.3. The average molecular weight is 269 g/mol. The average Bonchev–Trinajstić information content (AvgIpc) is 2.79. The Balaban J connectivity index is 2.26. The van der Waals surface area contributed by atoms with Crippen LogP contribution in [0.1, 0.15) is 5.69 Å². The molecule has 0 aliphatic carbocycles. The summed E-state index contributed by atoms with van der Waals surface area (Å²) in [5, 5.41) is 8.94. The van der Waals surface area contributed by atoms with Crippen molar-refractivity contribution in [1.82, 2.24) is 9.38 Å². The van der Waals surface area contributed by atoms with Gasteiger partial charge in [0.2, 0.25) is 0 Å². The summed E-state index contributed by atoms with van der Waals surface area (Å²) in [5.41, 5.74) is 2.41. The Morgan fingerprint density at radius 2 is 1.75 bits per heavy atom. The molecule has 1 aromatic carbocycles. The minimum atomic E-state index is -0.403. The Hall–Kier alpha value is -2.74. The maximum atomic E-state index is 13.3. The largest absolute Gasteiger partial charge is 0.299 e. The summed E-state index contributed by atoms with van der Waals surface area (Å²) in [5.74, 6) is -0.745. The third-order valence-electron chi connectivity index (χ3n) is 3.05. The molecule has 0 fully saturated rings. The number of fused-ring (bicyclic) bond motifs is 1. The summed E-state index contributed by atoms with van der Waals surface area (Å²) >= 11 is 0. The number of aromatic nitrogens is 2. The van der Waals surface area contributed by atoms with Gasteiger partial charge in [0.1, 0.15) is 17.3 Å². The van der Waals surface area contributed by atoms with Gasteiger partial charge in [-0.2, -0.15) is 5.26 Å². The van der Waals surface area contributed by atoms with Gasteiger partial charge >= 0.3 is 0 Å². The Morgan fingerprint density at radius 1 is 1.05 bits per heavy atom. The predicted molar refractivity (Wildman–Crippen MR) is 69.9 cm³/mol. The van der Waals surface area contributed by atoms with Crippen molar-refractivity contribution in [3.8, 4) is 17.3 Å². The highest BCUT2D eigenvalue weighted by Crippen LogP contribution is 2.25. The van der Waals surface area contributed by atoms with E-state index in [2.05, 4.69) is 4.98 Å². The van der Waals surface area contributed by atoms with E-state index in [0.717, 1.165) is 0 Å². The molecule has 0 N–H and O–H groups in total. The smallest absolute Gasteiger partial charge is 0.139 e. The molecule has 3 rings (SSSR count). The first kappa shape index (κ1) is 12.3. The molecule has 0 bridgehead atoms. The summed E-state index contributed by atoms with van der Waals surface area (Å²) in [6.07, 6.45) is 1.39. The zero-order valence-electron chi connectivity index (χ0n) is 10.3. The summed E-state index contributed by atoms with van der Waals surface area (Å²) in [4.78, 5) is 4.40. The molecule has 0 radical (unpaired) electrons. The Morgan fingerprint density at radius 3 is 2.45 bits per heavy atom. The molecule has 0 saturated heterocycles. The fourth-order valence-electron chi connectivity index (χ4n) is 2.15. The molecule has 0 aliphatic rings. The fraction of sp³-hybridized carbons (Fsp3) is 0.0667. The van der Waals surface area contributed by atoms with Crippen LogP contribution >= 0.6 is 0 Å². The van der Waals surface area contributed by atoms with Gasteiger partial charge in [0.15, 0.2) is 0 Å². The van der Waals surface area contributed by atoms with Crippen LogP contribution in [-0.4, -0.2) is 9.38 Å². The number of pyridine rings is 1. The standard InChI is InChI=1S/C15H9F2N3/c16-11-3-1-10(2-4-11)15-13(7-8-18)20-9-12(17)5-6-14(20)19-15/h1-6,9H,7H2. The van der Waals surface area contributed by atoms with Gasteiger partial charge in [0.05, 0.1) is 23.9 Å². The highest BCUT2D eigenvalue weighted by Gasteiger charge is 2.14. The summed E-state index contributed by atoms with van der Waals surface area (Å²) in [7, 11) is 0. The monoisotopic (exact) mass is 269 g/mol. The predicted octanol–water partition coefficient (Wildman–Crippen LogP) is 3.35. The van der Waals surface area contributed by atoms with Gasteiger partial charge in [0, 0.05) is 11.8 Å². The van der Waals surface area contributed by atoms with E-state index in [0.29, 0.717) is 22.6 Å². The molecule has 98 valence electrons. The molecular weight excluding hydrogens is 260 g/mol. The summed E-state index contributed by atoms with van der Waals surface area (Å²) in [6.45, 7) is 0. The second-order valence-electron chi connectivity index (χ2n) is 4.32. The number of hydrogen-bond donors (Lipinski definition) is 0. The van der Waals surface area contributed by atoms with E-state index in [4.69, 9.17) is 5.26 Å². The molecule has 5 heteroatoms. The lowest BCUT2D eigenvalue weighted by Crippen LogP contribution is -1.94. The number of hydrogen-bond acceptors (Lipinski definition) is 2. The van der Waals surface area contributed by atoms with Crippen LogP contribution in [0.4, 0.5) is 8.78 Å². The summed E-state index contributed by atoms with van der Waals surface area (Å²) < 4.78 is 27.9. The van der Waals surface area contributed by atoms with E-state index >= 15 is 0 Å². The number of imidazole rings is 1. The number of nitriles is 1. The lowest BCUT2D eigenvalue weighted by atomic mass is 10.1. The van der Waals surface area contributed by atoms with Crippen LogP contribution in [0.3, 0.4) is 0 Å². The fourth-order valence-corrected chi connectivity index (χ4v) is 2.15. The van der Waals surface area contributed by atoms with Gasteiger partial charge in [-0.1, -0.05) is 0 Å². The van der Waals surface area contributed by atoms with Crippen molar-refractivity contribution in [3.63, 3.8) is 0 Å². The first-order valence-electron chi connectivity index (χ1n) is 5.98. The maximum absolute atomic E-state index is 13.3. The van der Waals surface area contributed by atoms with Crippen LogP contribution in [-0.2, 0) is 6.42 Å². The minimum absolute atomic E-state index is 0.0946. The van der Waals surface area contributed by atoms with Crippen LogP contribution in [0.2, 0.25) is 0 Å². The van der Waals surface area contributed by atoms with Gasteiger partial charge in [0.25, 0.3) is 0 Å². The Labute approximate surface area is 113 Å². The second-order valence-corrected chi connectivity index (χ2v) is 4.32. The van der Waals surface area contributed by atoms with E-state index in [-0.39, 0.29) is 12.2 Å². The van der Waals surface area contributed by atoms with E-state index in [1.54, 1.807) is 22.6 Å². The molecule has 0 unspecified atom stereocenters. The third kappa shape index (κ3) is 2.01. The molecule has 20 heavy (non-hydrogen) atoms. The maximum Gasteiger partial charge on any atom is 0.139 e. The van der Waals surface area contributed by atoms with Crippen LogP contribution in [0.15, 0.2) is 42.6 Å². The van der Waals surface area contributed by atoms with Crippen LogP contribution in [0, 0.1) is 23.0 Å². The molecule has 0 aliphatic heterocycles. The third-order valence-corrected chi connectivity index (χ3v) is 3.05. The molecule has 2 heterocycles. The normalized spacial score (nSPS) is 10.7. The molecule has 2 aromatic heterocycles. The van der Waals surface area contributed by atoms with E-state index in [1.807, 2.05) is 6.07 Å². The molecule has 3 aromatic rings. The minimum Gasteiger partial charge on any atom is -0.299 e. The molecule has 3 nitrogen and oxygen atoms in total. The van der Waals surface area contributed by atoms with Gasteiger partial charge in [-0.3, -0.25) is 4.40 Å². The number of benzene rings is 1. The van der Waals surface area contributed by atoms with Crippen molar-refractivity contribution in [2.24, 2.45) is 0 Å². The highest BCUT2D eigenvalue weighted by molar-refractivity contribution is 5.67. The van der Waals surface area contributed by atoms with Crippen molar-refractivity contribution >= 4 is 5.65 Å². The first-order chi connectivity index (χ1) is 9.69. The first-order valence-corrected chi connectivity index (χ1v) is 5.98. The van der Waals surface area contributed by atoms with Gasteiger partial charge in [-0.05, 0) is 36.4 Å². The number of rotatable bonds is 2. The SMILES string of the molecule is N#CCc1c(-c2ccc(F)cc2)nc2ccc(F)cn12. The van der Waals surface area contributed by atoms with Crippen molar-refractivity contribution in [2.75, 3.05) is 0 Å². The van der Waals surface area contributed by atoms with Crippen LogP contribution < -0.4 is 0 Å².